The van der Waals surface area contributed by atoms with Gasteiger partial charge in [-0.1, -0.05) is 6.07 Å². The number of rotatable bonds is 7. The molecule has 0 heterocycles. The second-order valence-corrected chi connectivity index (χ2v) is 3.77. The molecule has 7 heteroatoms. The highest BCUT2D eigenvalue weighted by atomic mass is 19.3. The highest BCUT2D eigenvalue weighted by Crippen LogP contribution is 2.26. The van der Waals surface area contributed by atoms with E-state index in [9.17, 15) is 18.4 Å². The molecule has 20 heavy (non-hydrogen) atoms. The van der Waals surface area contributed by atoms with E-state index < -0.39 is 18.6 Å². The zero-order chi connectivity index (χ0) is 15.1. The van der Waals surface area contributed by atoms with Gasteiger partial charge in [0.2, 0.25) is 0 Å². The van der Waals surface area contributed by atoms with E-state index in [4.69, 9.17) is 9.84 Å². The SMILES string of the molecule is CCOC(=O)c1cccc(OC(F)F)c1CCC(=O)O. The number of alkyl halides is 2. The molecular weight excluding hydrogens is 274 g/mol. The number of aliphatic carboxylic acids is 1. The van der Waals surface area contributed by atoms with Crippen LogP contribution in [0.3, 0.4) is 0 Å². The fourth-order valence-electron chi connectivity index (χ4n) is 1.66. The van der Waals surface area contributed by atoms with Gasteiger partial charge in [-0.15, -0.1) is 0 Å². The van der Waals surface area contributed by atoms with Crippen LogP contribution in [0.1, 0.15) is 29.3 Å². The number of halogens is 2. The Labute approximate surface area is 114 Å². The fourth-order valence-corrected chi connectivity index (χ4v) is 1.66. The van der Waals surface area contributed by atoms with Crippen LogP contribution in [0.15, 0.2) is 18.2 Å². The minimum atomic E-state index is -3.06. The third-order valence-electron chi connectivity index (χ3n) is 2.43. The average Bonchev–Trinajstić information content (AvgIpc) is 2.36. The van der Waals surface area contributed by atoms with Crippen molar-refractivity contribution in [1.29, 1.82) is 0 Å². The maximum atomic E-state index is 12.3. The van der Waals surface area contributed by atoms with Gasteiger partial charge in [-0.05, 0) is 25.5 Å². The fraction of sp³-hybridized carbons (Fsp3) is 0.385. The Kier molecular flexibility index (Phi) is 5.89. The second-order valence-electron chi connectivity index (χ2n) is 3.77. The monoisotopic (exact) mass is 288 g/mol. The van der Waals surface area contributed by atoms with Crippen molar-refractivity contribution in [3.63, 3.8) is 0 Å². The molecule has 110 valence electrons. The van der Waals surface area contributed by atoms with E-state index in [0.29, 0.717) is 0 Å². The summed E-state index contributed by atoms with van der Waals surface area (Å²) in [6.45, 7) is -1.33. The number of benzene rings is 1. The van der Waals surface area contributed by atoms with Gasteiger partial charge in [-0.3, -0.25) is 4.79 Å². The lowest BCUT2D eigenvalue weighted by molar-refractivity contribution is -0.136. The number of carbonyl (C=O) groups is 2. The van der Waals surface area contributed by atoms with Crippen molar-refractivity contribution >= 4 is 11.9 Å². The minimum Gasteiger partial charge on any atom is -0.481 e. The lowest BCUT2D eigenvalue weighted by atomic mass is 10.0. The molecule has 0 saturated carbocycles. The van der Waals surface area contributed by atoms with Crippen LogP contribution in [0.25, 0.3) is 0 Å². The van der Waals surface area contributed by atoms with Gasteiger partial charge >= 0.3 is 18.6 Å². The maximum Gasteiger partial charge on any atom is 0.387 e. The molecule has 0 aromatic heterocycles. The molecule has 5 nitrogen and oxygen atoms in total. The van der Waals surface area contributed by atoms with Gasteiger partial charge in [0.15, 0.2) is 0 Å². The number of esters is 1. The third-order valence-corrected chi connectivity index (χ3v) is 2.43. The Morgan fingerprint density at radius 2 is 2.05 bits per heavy atom. The number of carbonyl (C=O) groups excluding carboxylic acids is 1. The van der Waals surface area contributed by atoms with Crippen molar-refractivity contribution in [2.75, 3.05) is 6.61 Å². The molecule has 0 atom stereocenters. The van der Waals surface area contributed by atoms with Crippen LogP contribution in [0.4, 0.5) is 8.78 Å². The average molecular weight is 288 g/mol. The Balaban J connectivity index is 3.13. The van der Waals surface area contributed by atoms with Gasteiger partial charge < -0.3 is 14.6 Å². The molecule has 0 bridgehead atoms. The zero-order valence-corrected chi connectivity index (χ0v) is 10.8. The molecule has 0 unspecified atom stereocenters. The van der Waals surface area contributed by atoms with Crippen LogP contribution in [-0.4, -0.2) is 30.3 Å². The topological polar surface area (TPSA) is 72.8 Å². The molecule has 1 aromatic carbocycles. The number of hydrogen-bond acceptors (Lipinski definition) is 4. The van der Waals surface area contributed by atoms with Gasteiger partial charge in [0, 0.05) is 12.0 Å². The molecule has 1 rings (SSSR count). The summed E-state index contributed by atoms with van der Waals surface area (Å²) in [5, 5.41) is 8.68. The van der Waals surface area contributed by atoms with Crippen molar-refractivity contribution in [3.8, 4) is 5.75 Å². The van der Waals surface area contributed by atoms with Crippen LogP contribution >= 0.6 is 0 Å². The summed E-state index contributed by atoms with van der Waals surface area (Å²) in [5.41, 5.74) is 0.139. The van der Waals surface area contributed by atoms with E-state index in [-0.39, 0.29) is 36.3 Å². The van der Waals surface area contributed by atoms with Crippen molar-refractivity contribution in [1.82, 2.24) is 0 Å². The first-order valence-corrected chi connectivity index (χ1v) is 5.91. The zero-order valence-electron chi connectivity index (χ0n) is 10.8. The van der Waals surface area contributed by atoms with Crippen molar-refractivity contribution < 1.29 is 33.0 Å². The standard InChI is InChI=1S/C13H14F2O5/c1-2-19-12(18)9-4-3-5-10(20-13(14)15)8(9)6-7-11(16)17/h3-5,13H,2,6-7H2,1H3,(H,16,17). The van der Waals surface area contributed by atoms with Gasteiger partial charge in [0.25, 0.3) is 0 Å². The maximum absolute atomic E-state index is 12.3. The molecule has 1 aromatic rings. The normalized spacial score (nSPS) is 10.4. The highest BCUT2D eigenvalue weighted by molar-refractivity contribution is 5.92. The summed E-state index contributed by atoms with van der Waals surface area (Å²) >= 11 is 0. The first-order valence-electron chi connectivity index (χ1n) is 5.91. The van der Waals surface area contributed by atoms with Gasteiger partial charge in [0.05, 0.1) is 12.2 Å². The van der Waals surface area contributed by atoms with E-state index in [2.05, 4.69) is 4.74 Å². The minimum absolute atomic E-state index is 0.0336. The summed E-state index contributed by atoms with van der Waals surface area (Å²) in [4.78, 5) is 22.3. The summed E-state index contributed by atoms with van der Waals surface area (Å²) in [6.07, 6.45) is -0.414. The summed E-state index contributed by atoms with van der Waals surface area (Å²) in [7, 11) is 0. The predicted molar refractivity (Wildman–Crippen MR) is 65.0 cm³/mol. The molecule has 0 fully saturated rings. The molecule has 0 radical (unpaired) electrons. The van der Waals surface area contributed by atoms with E-state index in [0.717, 1.165) is 0 Å². The molecule has 0 aliphatic heterocycles. The Bertz CT molecular complexity index is 488. The lowest BCUT2D eigenvalue weighted by Crippen LogP contribution is -2.12. The molecule has 1 N–H and O–H groups in total. The van der Waals surface area contributed by atoms with Gasteiger partial charge in [0.1, 0.15) is 5.75 Å². The highest BCUT2D eigenvalue weighted by Gasteiger charge is 2.19. The number of carboxylic acid groups (broad SMARTS) is 1. The van der Waals surface area contributed by atoms with Crippen LogP contribution in [0.2, 0.25) is 0 Å². The van der Waals surface area contributed by atoms with Crippen LogP contribution in [0, 0.1) is 0 Å². The first-order chi connectivity index (χ1) is 9.45. The van der Waals surface area contributed by atoms with Crippen molar-refractivity contribution in [2.24, 2.45) is 0 Å². The van der Waals surface area contributed by atoms with Crippen molar-refractivity contribution in [3.05, 3.63) is 29.3 Å². The molecule has 0 aliphatic carbocycles. The second kappa shape index (κ2) is 7.42. The predicted octanol–water partition coefficient (Wildman–Crippen LogP) is 2.48. The largest absolute Gasteiger partial charge is 0.481 e. The summed E-state index contributed by atoms with van der Waals surface area (Å²) in [6, 6.07) is 4.01. The van der Waals surface area contributed by atoms with E-state index in [1.54, 1.807) is 6.92 Å². The summed E-state index contributed by atoms with van der Waals surface area (Å²) < 4.78 is 33.8. The van der Waals surface area contributed by atoms with Crippen LogP contribution in [-0.2, 0) is 16.0 Å². The van der Waals surface area contributed by atoms with Crippen LogP contribution < -0.4 is 4.74 Å². The quantitative estimate of drug-likeness (QED) is 0.780. The summed E-state index contributed by atoms with van der Waals surface area (Å²) in [5.74, 6) is -2.02. The number of carboxylic acids is 1. The first kappa shape index (κ1) is 15.9. The molecule has 0 saturated heterocycles. The third kappa shape index (κ3) is 4.49. The van der Waals surface area contributed by atoms with Gasteiger partial charge in [-0.2, -0.15) is 8.78 Å². The lowest BCUT2D eigenvalue weighted by Gasteiger charge is -2.13. The van der Waals surface area contributed by atoms with E-state index >= 15 is 0 Å². The smallest absolute Gasteiger partial charge is 0.387 e. The van der Waals surface area contributed by atoms with E-state index in [1.165, 1.54) is 18.2 Å². The molecule has 0 aliphatic rings. The van der Waals surface area contributed by atoms with E-state index in [1.807, 2.05) is 0 Å². The number of ether oxygens (including phenoxy) is 2. The number of hydrogen-bond donors (Lipinski definition) is 1. The Hall–Kier alpha value is -2.18. The Morgan fingerprint density at radius 3 is 2.60 bits per heavy atom. The molecule has 0 spiro atoms. The Morgan fingerprint density at radius 1 is 1.35 bits per heavy atom. The van der Waals surface area contributed by atoms with Crippen molar-refractivity contribution in [2.45, 2.75) is 26.4 Å². The van der Waals surface area contributed by atoms with Crippen LogP contribution in [0.5, 0.6) is 5.75 Å². The molecule has 0 amide bonds. The van der Waals surface area contributed by atoms with Gasteiger partial charge in [-0.25, -0.2) is 4.79 Å². The molecular formula is C13H14F2O5.